The molecule has 0 aromatic rings. The summed E-state index contributed by atoms with van der Waals surface area (Å²) in [5.74, 6) is 6.14. The summed E-state index contributed by atoms with van der Waals surface area (Å²) in [7, 11) is 0. The zero-order valence-corrected chi connectivity index (χ0v) is 12.3. The molecule has 3 nitrogen and oxygen atoms in total. The van der Waals surface area contributed by atoms with Gasteiger partial charge in [-0.1, -0.05) is 48.8 Å². The number of rotatable bonds is 6. The number of alkyl carbamates (subject to hydrolysis) is 1. The van der Waals surface area contributed by atoms with Crippen LogP contribution < -0.4 is 5.32 Å². The van der Waals surface area contributed by atoms with E-state index in [9.17, 15) is 4.79 Å². The van der Waals surface area contributed by atoms with Crippen molar-refractivity contribution in [2.24, 2.45) is 5.92 Å². The van der Waals surface area contributed by atoms with Crippen LogP contribution in [0.1, 0.15) is 33.6 Å². The zero-order valence-electron chi connectivity index (χ0n) is 10.2. The molecule has 0 aromatic heterocycles. The van der Waals surface area contributed by atoms with Crippen molar-refractivity contribution < 1.29 is 9.53 Å². The van der Waals surface area contributed by atoms with E-state index in [1.165, 1.54) is 0 Å². The van der Waals surface area contributed by atoms with Crippen molar-refractivity contribution in [3.63, 3.8) is 0 Å². The van der Waals surface area contributed by atoms with Crippen molar-refractivity contribution in [2.75, 3.05) is 13.2 Å². The monoisotopic (exact) mass is 337 g/mol. The third kappa shape index (κ3) is 7.80. The number of carbonyl (C=O) groups excluding carboxylic acids is 1. The molecule has 0 aliphatic rings. The summed E-state index contributed by atoms with van der Waals surface area (Å²) < 4.78 is 5.39. The first-order chi connectivity index (χ1) is 7.61. The van der Waals surface area contributed by atoms with Gasteiger partial charge in [0.25, 0.3) is 0 Å². The number of hydrogen-bond donors (Lipinski definition) is 1. The van der Waals surface area contributed by atoms with Crippen LogP contribution in [0.2, 0.25) is 0 Å². The molecule has 2 unspecified atom stereocenters. The lowest BCUT2D eigenvalue weighted by Gasteiger charge is -2.14. The second-order valence-corrected chi connectivity index (χ2v) is 5.51. The van der Waals surface area contributed by atoms with E-state index in [1.54, 1.807) is 0 Å². The van der Waals surface area contributed by atoms with Crippen LogP contribution in [0.15, 0.2) is 0 Å². The second kappa shape index (κ2) is 9.76. The Morgan fingerprint density at radius 3 is 2.75 bits per heavy atom. The van der Waals surface area contributed by atoms with Crippen molar-refractivity contribution in [3.8, 4) is 11.8 Å². The summed E-state index contributed by atoms with van der Waals surface area (Å²) in [6, 6.07) is 0. The molecule has 2 atom stereocenters. The SMILES string of the molecule is CC#CC(CNC(=O)OCCCC)C(C)I. The van der Waals surface area contributed by atoms with Crippen molar-refractivity contribution >= 4 is 28.7 Å². The maximum Gasteiger partial charge on any atom is 0.407 e. The fourth-order valence-corrected chi connectivity index (χ4v) is 1.50. The molecule has 1 N–H and O–H groups in total. The van der Waals surface area contributed by atoms with Crippen molar-refractivity contribution in [2.45, 2.75) is 37.5 Å². The molecule has 0 saturated carbocycles. The normalized spacial score (nSPS) is 13.2. The number of carbonyl (C=O) groups is 1. The number of nitrogens with one attached hydrogen (secondary N) is 1. The summed E-state index contributed by atoms with van der Waals surface area (Å²) in [5, 5.41) is 2.74. The predicted molar refractivity (Wildman–Crippen MR) is 74.7 cm³/mol. The number of alkyl halides is 1. The fraction of sp³-hybridized carbons (Fsp3) is 0.750. The lowest BCUT2D eigenvalue weighted by molar-refractivity contribution is 0.144. The molecule has 0 radical (unpaired) electrons. The van der Waals surface area contributed by atoms with Crippen LogP contribution in [0.3, 0.4) is 0 Å². The number of unbranched alkanes of at least 4 members (excludes halogenated alkanes) is 1. The highest BCUT2D eigenvalue weighted by atomic mass is 127. The summed E-state index contributed by atoms with van der Waals surface area (Å²) >= 11 is 2.31. The van der Waals surface area contributed by atoms with Gasteiger partial charge in [0.15, 0.2) is 0 Å². The van der Waals surface area contributed by atoms with Gasteiger partial charge in [0, 0.05) is 16.4 Å². The van der Waals surface area contributed by atoms with Gasteiger partial charge >= 0.3 is 6.09 Å². The van der Waals surface area contributed by atoms with Crippen LogP contribution >= 0.6 is 22.6 Å². The van der Waals surface area contributed by atoms with E-state index in [1.807, 2.05) is 6.92 Å². The number of halogens is 1. The lowest BCUT2D eigenvalue weighted by Crippen LogP contribution is -2.32. The lowest BCUT2D eigenvalue weighted by atomic mass is 10.1. The topological polar surface area (TPSA) is 38.3 Å². The fourth-order valence-electron chi connectivity index (χ4n) is 1.07. The van der Waals surface area contributed by atoms with Gasteiger partial charge in [-0.3, -0.25) is 0 Å². The third-order valence-corrected chi connectivity index (χ3v) is 2.95. The molecule has 0 aliphatic heterocycles. The molecule has 1 amide bonds. The van der Waals surface area contributed by atoms with Gasteiger partial charge in [-0.15, -0.1) is 5.92 Å². The minimum Gasteiger partial charge on any atom is -0.450 e. The quantitative estimate of drug-likeness (QED) is 0.350. The maximum atomic E-state index is 11.3. The van der Waals surface area contributed by atoms with Crippen LogP contribution in [-0.2, 0) is 4.74 Å². The molecule has 0 aromatic carbocycles. The van der Waals surface area contributed by atoms with Gasteiger partial charge in [-0.05, 0) is 13.3 Å². The largest absolute Gasteiger partial charge is 0.450 e. The van der Waals surface area contributed by atoms with Crippen LogP contribution in [-0.4, -0.2) is 23.2 Å². The minimum absolute atomic E-state index is 0.185. The Kier molecular flexibility index (Phi) is 9.49. The van der Waals surface area contributed by atoms with E-state index in [-0.39, 0.29) is 12.0 Å². The Labute approximate surface area is 112 Å². The van der Waals surface area contributed by atoms with E-state index in [4.69, 9.17) is 4.74 Å². The zero-order chi connectivity index (χ0) is 12.4. The Morgan fingerprint density at radius 2 is 2.25 bits per heavy atom. The van der Waals surface area contributed by atoms with Crippen molar-refractivity contribution in [1.29, 1.82) is 0 Å². The molecule has 0 fully saturated rings. The van der Waals surface area contributed by atoms with E-state index in [2.05, 4.69) is 53.6 Å². The predicted octanol–water partition coefficient (Wildman–Crippen LogP) is 2.98. The van der Waals surface area contributed by atoms with Gasteiger partial charge in [-0.25, -0.2) is 4.79 Å². The molecular formula is C12H20INO2. The summed E-state index contributed by atoms with van der Waals surface area (Å²) in [6.45, 7) is 7.00. The molecule has 92 valence electrons. The minimum atomic E-state index is -0.339. The second-order valence-electron chi connectivity index (χ2n) is 3.55. The Balaban J connectivity index is 3.81. The molecule has 0 heterocycles. The van der Waals surface area contributed by atoms with Crippen LogP contribution in [0.4, 0.5) is 4.79 Å². The van der Waals surface area contributed by atoms with Gasteiger partial charge in [0.2, 0.25) is 0 Å². The van der Waals surface area contributed by atoms with Crippen molar-refractivity contribution in [3.05, 3.63) is 0 Å². The van der Waals surface area contributed by atoms with Crippen LogP contribution in [0.5, 0.6) is 0 Å². The van der Waals surface area contributed by atoms with Gasteiger partial charge in [0.1, 0.15) is 0 Å². The van der Waals surface area contributed by atoms with Gasteiger partial charge in [-0.2, -0.15) is 0 Å². The summed E-state index contributed by atoms with van der Waals surface area (Å²) in [5.41, 5.74) is 0. The van der Waals surface area contributed by atoms with Crippen LogP contribution in [0.25, 0.3) is 0 Å². The summed E-state index contributed by atoms with van der Waals surface area (Å²) in [4.78, 5) is 11.3. The average Bonchev–Trinajstić information content (AvgIpc) is 2.24. The Hall–Kier alpha value is -0.440. The summed E-state index contributed by atoms with van der Waals surface area (Å²) in [6.07, 6.45) is 1.60. The Morgan fingerprint density at radius 1 is 1.56 bits per heavy atom. The first kappa shape index (κ1) is 15.6. The highest BCUT2D eigenvalue weighted by Gasteiger charge is 2.13. The van der Waals surface area contributed by atoms with E-state index < -0.39 is 0 Å². The first-order valence-corrected chi connectivity index (χ1v) is 6.83. The molecule has 0 aliphatic carbocycles. The van der Waals surface area contributed by atoms with Gasteiger partial charge in [0.05, 0.1) is 6.61 Å². The van der Waals surface area contributed by atoms with E-state index in [0.29, 0.717) is 17.1 Å². The Bertz CT molecular complexity index is 255. The third-order valence-electron chi connectivity index (χ3n) is 2.08. The molecule has 16 heavy (non-hydrogen) atoms. The van der Waals surface area contributed by atoms with Gasteiger partial charge < -0.3 is 10.1 Å². The molecule has 0 spiro atoms. The number of ether oxygens (including phenoxy) is 1. The van der Waals surface area contributed by atoms with Crippen molar-refractivity contribution in [1.82, 2.24) is 5.32 Å². The van der Waals surface area contributed by atoms with E-state index >= 15 is 0 Å². The highest BCUT2D eigenvalue weighted by Crippen LogP contribution is 2.11. The number of amides is 1. The smallest absolute Gasteiger partial charge is 0.407 e. The standard InChI is InChI=1S/C12H20INO2/c1-4-6-8-16-12(15)14-9-11(7-5-2)10(3)13/h10-11H,4,6,8-9H2,1-3H3,(H,14,15). The molecular weight excluding hydrogens is 317 g/mol. The molecule has 4 heteroatoms. The molecule has 0 saturated heterocycles. The maximum absolute atomic E-state index is 11.3. The van der Waals surface area contributed by atoms with Crippen LogP contribution in [0, 0.1) is 17.8 Å². The average molecular weight is 337 g/mol. The number of hydrogen-bond acceptors (Lipinski definition) is 2. The van der Waals surface area contributed by atoms with E-state index in [0.717, 1.165) is 12.8 Å². The first-order valence-electron chi connectivity index (χ1n) is 5.58. The molecule has 0 rings (SSSR count). The molecule has 0 bridgehead atoms. The highest BCUT2D eigenvalue weighted by molar-refractivity contribution is 14.1.